The number of hydrogen-bond donors (Lipinski definition) is 2. The molecule has 0 aliphatic carbocycles. The summed E-state index contributed by atoms with van der Waals surface area (Å²) in [5.41, 5.74) is 3.84. The van der Waals surface area contributed by atoms with Crippen molar-refractivity contribution in [1.82, 2.24) is 20.3 Å². The number of nitrogens with zero attached hydrogens (tertiary/aromatic N) is 3. The fourth-order valence-electron chi connectivity index (χ4n) is 3.65. The molecule has 6 heteroatoms. The van der Waals surface area contributed by atoms with Gasteiger partial charge in [0, 0.05) is 22.7 Å². The molecule has 6 nitrogen and oxygen atoms in total. The van der Waals surface area contributed by atoms with Gasteiger partial charge in [-0.1, -0.05) is 78.9 Å². The highest BCUT2D eigenvalue weighted by molar-refractivity contribution is 6.07. The highest BCUT2D eigenvalue weighted by Crippen LogP contribution is 2.25. The van der Waals surface area contributed by atoms with Crippen LogP contribution in [0.5, 0.6) is 0 Å². The van der Waals surface area contributed by atoms with Crippen LogP contribution >= 0.6 is 0 Å². The second-order valence-electron chi connectivity index (χ2n) is 7.49. The van der Waals surface area contributed by atoms with Crippen molar-refractivity contribution < 1.29 is 9.90 Å². The largest absolute Gasteiger partial charge is 0.368 e. The van der Waals surface area contributed by atoms with E-state index >= 15 is 0 Å². The Morgan fingerprint density at radius 2 is 1.45 bits per heavy atom. The molecular formula is C27H20N4O2. The average molecular weight is 432 g/mol. The molecule has 2 heterocycles. The number of aliphatic hydroxyl groups excluding tert-OH is 1. The second-order valence-corrected chi connectivity index (χ2v) is 7.49. The first-order valence-corrected chi connectivity index (χ1v) is 10.5. The Kier molecular flexibility index (Phi) is 5.57. The van der Waals surface area contributed by atoms with Crippen molar-refractivity contribution in [3.8, 4) is 22.6 Å². The van der Waals surface area contributed by atoms with E-state index in [1.165, 1.54) is 0 Å². The Labute approximate surface area is 190 Å². The number of aliphatic hydroxyl groups is 1. The zero-order valence-electron chi connectivity index (χ0n) is 17.6. The van der Waals surface area contributed by atoms with E-state index in [1.54, 1.807) is 18.3 Å². The summed E-state index contributed by atoms with van der Waals surface area (Å²) < 4.78 is 0. The van der Waals surface area contributed by atoms with Crippen LogP contribution in [0.2, 0.25) is 0 Å². The summed E-state index contributed by atoms with van der Waals surface area (Å²) >= 11 is 0. The molecular weight excluding hydrogens is 412 g/mol. The Balaban J connectivity index is 1.47. The van der Waals surface area contributed by atoms with Crippen LogP contribution < -0.4 is 5.32 Å². The number of amides is 1. The quantitative estimate of drug-likeness (QED) is 0.390. The number of aromatic nitrogens is 3. The number of pyridine rings is 1. The first-order chi connectivity index (χ1) is 16.2. The maximum absolute atomic E-state index is 13.2. The van der Waals surface area contributed by atoms with Crippen LogP contribution in [-0.2, 0) is 0 Å². The van der Waals surface area contributed by atoms with Crippen molar-refractivity contribution in [3.05, 3.63) is 115 Å². The Morgan fingerprint density at radius 3 is 2.21 bits per heavy atom. The fraction of sp³-hybridized carbons (Fsp3) is 0.0370. The lowest BCUT2D eigenvalue weighted by molar-refractivity contribution is 0.0776. The maximum Gasteiger partial charge on any atom is 0.254 e. The summed E-state index contributed by atoms with van der Waals surface area (Å²) in [6.45, 7) is 0. The monoisotopic (exact) mass is 432 g/mol. The molecule has 1 atom stereocenters. The van der Waals surface area contributed by atoms with Gasteiger partial charge < -0.3 is 10.4 Å². The molecule has 1 unspecified atom stereocenters. The lowest BCUT2D eigenvalue weighted by Gasteiger charge is -2.15. The fourth-order valence-corrected chi connectivity index (χ4v) is 3.65. The third-order valence-corrected chi connectivity index (χ3v) is 5.29. The molecule has 2 N–H and O–H groups in total. The van der Waals surface area contributed by atoms with Gasteiger partial charge in [-0.25, -0.2) is 15.0 Å². The van der Waals surface area contributed by atoms with Crippen molar-refractivity contribution in [1.29, 1.82) is 0 Å². The number of carbonyl (C=O) groups excluding carboxylic acids is 1. The van der Waals surface area contributed by atoms with Gasteiger partial charge in [-0.3, -0.25) is 4.79 Å². The van der Waals surface area contributed by atoms with Gasteiger partial charge in [0.2, 0.25) is 0 Å². The standard InChI is InChI=1S/C27H20N4O2/c32-26(31-27(33)23-15-16-28-25(30-23)19-11-5-2-6-12-19)21-17-24(18-9-3-1-4-10-18)29-22-14-8-7-13-20(21)22/h1-17,27,33H,(H,31,32). The predicted molar refractivity (Wildman–Crippen MR) is 127 cm³/mol. The molecule has 0 aliphatic heterocycles. The van der Waals surface area contributed by atoms with Gasteiger partial charge in [0.1, 0.15) is 0 Å². The van der Waals surface area contributed by atoms with Crippen molar-refractivity contribution >= 4 is 16.8 Å². The van der Waals surface area contributed by atoms with Crippen LogP contribution in [0.1, 0.15) is 22.3 Å². The molecule has 5 rings (SSSR count). The smallest absolute Gasteiger partial charge is 0.254 e. The number of carbonyl (C=O) groups is 1. The number of rotatable bonds is 5. The minimum atomic E-state index is -1.30. The summed E-state index contributed by atoms with van der Waals surface area (Å²) in [6.07, 6.45) is 0.269. The molecule has 160 valence electrons. The van der Waals surface area contributed by atoms with Gasteiger partial charge >= 0.3 is 0 Å². The molecule has 1 amide bonds. The molecule has 0 bridgehead atoms. The number of benzene rings is 3. The SMILES string of the molecule is O=C(NC(O)c1ccnc(-c2ccccc2)n1)c1cc(-c2ccccc2)nc2ccccc12. The van der Waals surface area contributed by atoms with E-state index in [1.807, 2.05) is 84.9 Å². The molecule has 0 spiro atoms. The van der Waals surface area contributed by atoms with E-state index < -0.39 is 12.1 Å². The van der Waals surface area contributed by atoms with Crippen molar-refractivity contribution in [2.45, 2.75) is 6.23 Å². The number of hydrogen-bond acceptors (Lipinski definition) is 5. The lowest BCUT2D eigenvalue weighted by Crippen LogP contribution is -2.29. The van der Waals surface area contributed by atoms with E-state index in [9.17, 15) is 9.90 Å². The Bertz CT molecular complexity index is 1420. The van der Waals surface area contributed by atoms with Gasteiger partial charge in [-0.15, -0.1) is 0 Å². The van der Waals surface area contributed by atoms with Crippen LogP contribution in [0.4, 0.5) is 0 Å². The number of nitrogens with one attached hydrogen (secondary N) is 1. The minimum absolute atomic E-state index is 0.304. The molecule has 33 heavy (non-hydrogen) atoms. The molecule has 0 radical (unpaired) electrons. The molecule has 0 aliphatic rings. The molecule has 0 fully saturated rings. The van der Waals surface area contributed by atoms with Gasteiger partial charge in [-0.2, -0.15) is 0 Å². The van der Waals surface area contributed by atoms with Crippen molar-refractivity contribution in [2.75, 3.05) is 0 Å². The Hall–Kier alpha value is -4.42. The van der Waals surface area contributed by atoms with Crippen molar-refractivity contribution in [3.63, 3.8) is 0 Å². The maximum atomic E-state index is 13.2. The normalized spacial score (nSPS) is 11.8. The van der Waals surface area contributed by atoms with E-state index in [0.717, 1.165) is 11.1 Å². The number of fused-ring (bicyclic) bond motifs is 1. The third-order valence-electron chi connectivity index (χ3n) is 5.29. The van der Waals surface area contributed by atoms with Gasteiger partial charge in [0.15, 0.2) is 12.1 Å². The van der Waals surface area contributed by atoms with Crippen LogP contribution in [0.3, 0.4) is 0 Å². The topological polar surface area (TPSA) is 88.0 Å². The first-order valence-electron chi connectivity index (χ1n) is 10.5. The zero-order valence-corrected chi connectivity index (χ0v) is 17.6. The molecule has 3 aromatic carbocycles. The van der Waals surface area contributed by atoms with Crippen LogP contribution in [0, 0.1) is 0 Å². The number of para-hydroxylation sites is 1. The van der Waals surface area contributed by atoms with Gasteiger partial charge in [0.25, 0.3) is 5.91 Å². The van der Waals surface area contributed by atoms with Crippen LogP contribution in [0.15, 0.2) is 103 Å². The van der Waals surface area contributed by atoms with Crippen LogP contribution in [-0.4, -0.2) is 26.0 Å². The van der Waals surface area contributed by atoms with Crippen molar-refractivity contribution in [2.24, 2.45) is 0 Å². The third kappa shape index (κ3) is 4.33. The van der Waals surface area contributed by atoms with E-state index in [4.69, 9.17) is 4.98 Å². The summed E-state index contributed by atoms with van der Waals surface area (Å²) in [5, 5.41) is 14.1. The first kappa shape index (κ1) is 20.5. The van der Waals surface area contributed by atoms with E-state index in [2.05, 4.69) is 15.3 Å². The summed E-state index contributed by atoms with van der Waals surface area (Å²) in [4.78, 5) is 26.6. The molecule has 5 aromatic rings. The molecule has 2 aromatic heterocycles. The summed E-state index contributed by atoms with van der Waals surface area (Å²) in [6, 6.07) is 29.9. The van der Waals surface area contributed by atoms with E-state index in [0.29, 0.717) is 33.7 Å². The zero-order chi connectivity index (χ0) is 22.6. The molecule has 0 saturated carbocycles. The van der Waals surface area contributed by atoms with E-state index in [-0.39, 0.29) is 0 Å². The second kappa shape index (κ2) is 8.98. The summed E-state index contributed by atoms with van der Waals surface area (Å²) in [5.74, 6) is 0.0558. The van der Waals surface area contributed by atoms with Crippen LogP contribution in [0.25, 0.3) is 33.5 Å². The molecule has 0 saturated heterocycles. The predicted octanol–water partition coefficient (Wildman–Crippen LogP) is 4.78. The van der Waals surface area contributed by atoms with Gasteiger partial charge in [0.05, 0.1) is 22.5 Å². The lowest BCUT2D eigenvalue weighted by atomic mass is 10.0. The Morgan fingerprint density at radius 1 is 0.788 bits per heavy atom. The summed E-state index contributed by atoms with van der Waals surface area (Å²) in [7, 11) is 0. The highest BCUT2D eigenvalue weighted by Gasteiger charge is 2.19. The minimum Gasteiger partial charge on any atom is -0.368 e. The highest BCUT2D eigenvalue weighted by atomic mass is 16.3. The van der Waals surface area contributed by atoms with Gasteiger partial charge in [-0.05, 0) is 18.2 Å². The average Bonchev–Trinajstić information content (AvgIpc) is 2.89.